The van der Waals surface area contributed by atoms with Crippen molar-refractivity contribution in [1.29, 1.82) is 0 Å². The fourth-order valence-corrected chi connectivity index (χ4v) is 2.58. The number of nitrogens with zero attached hydrogens (tertiary/aromatic N) is 4. The summed E-state index contributed by atoms with van der Waals surface area (Å²) in [5, 5.41) is 7.00. The van der Waals surface area contributed by atoms with Crippen molar-refractivity contribution < 1.29 is 4.79 Å². The molecular formula is C18H20N6O. The highest BCUT2D eigenvalue weighted by Crippen LogP contribution is 2.15. The molecule has 0 spiro atoms. The van der Waals surface area contributed by atoms with Crippen molar-refractivity contribution >= 4 is 5.91 Å². The van der Waals surface area contributed by atoms with Gasteiger partial charge in [-0.1, -0.05) is 30.3 Å². The van der Waals surface area contributed by atoms with Crippen molar-refractivity contribution in [3.05, 3.63) is 66.4 Å². The predicted molar refractivity (Wildman–Crippen MR) is 94.7 cm³/mol. The standard InChI is InChI=1S/C18H20N6O/c1-24-16(7-8-22-24)14-11-20-17(21-12-14)18(25)23-15(10-19)9-13-5-3-2-4-6-13/h2-8,11-12,15H,9-10,19H2,1H3,(H,23,25). The molecule has 128 valence electrons. The van der Waals surface area contributed by atoms with Gasteiger partial charge in [-0.2, -0.15) is 5.10 Å². The first-order valence-electron chi connectivity index (χ1n) is 8.02. The van der Waals surface area contributed by atoms with Crippen molar-refractivity contribution in [3.63, 3.8) is 0 Å². The largest absolute Gasteiger partial charge is 0.345 e. The third kappa shape index (κ3) is 4.07. The van der Waals surface area contributed by atoms with E-state index in [1.54, 1.807) is 23.3 Å². The van der Waals surface area contributed by atoms with Crippen molar-refractivity contribution in [2.24, 2.45) is 12.8 Å². The number of aromatic nitrogens is 4. The maximum atomic E-state index is 12.4. The minimum atomic E-state index is -0.331. The smallest absolute Gasteiger partial charge is 0.289 e. The Kier molecular flexibility index (Phi) is 5.15. The van der Waals surface area contributed by atoms with Crippen LogP contribution in [0.2, 0.25) is 0 Å². The third-order valence-corrected chi connectivity index (χ3v) is 3.92. The van der Waals surface area contributed by atoms with E-state index in [1.165, 1.54) is 0 Å². The summed E-state index contributed by atoms with van der Waals surface area (Å²) in [6.07, 6.45) is 5.60. The van der Waals surface area contributed by atoms with Crippen LogP contribution in [0, 0.1) is 0 Å². The molecule has 3 rings (SSSR count). The van der Waals surface area contributed by atoms with Gasteiger partial charge in [0.1, 0.15) is 0 Å². The first-order chi connectivity index (χ1) is 12.2. The second-order valence-electron chi connectivity index (χ2n) is 5.73. The molecule has 0 radical (unpaired) electrons. The number of aryl methyl sites for hydroxylation is 1. The number of rotatable bonds is 6. The lowest BCUT2D eigenvalue weighted by atomic mass is 10.1. The summed E-state index contributed by atoms with van der Waals surface area (Å²) < 4.78 is 1.72. The molecule has 0 bridgehead atoms. The van der Waals surface area contributed by atoms with Crippen LogP contribution < -0.4 is 11.1 Å². The molecule has 0 fully saturated rings. The first-order valence-corrected chi connectivity index (χ1v) is 8.02. The van der Waals surface area contributed by atoms with Gasteiger partial charge < -0.3 is 11.1 Å². The van der Waals surface area contributed by atoms with Gasteiger partial charge in [-0.25, -0.2) is 9.97 Å². The highest BCUT2D eigenvalue weighted by atomic mass is 16.2. The zero-order chi connectivity index (χ0) is 17.6. The van der Waals surface area contributed by atoms with Gasteiger partial charge in [0.25, 0.3) is 5.91 Å². The number of carbonyl (C=O) groups excluding carboxylic acids is 1. The van der Waals surface area contributed by atoms with E-state index >= 15 is 0 Å². The lowest BCUT2D eigenvalue weighted by Gasteiger charge is -2.16. The number of carbonyl (C=O) groups is 1. The number of hydrogen-bond acceptors (Lipinski definition) is 5. The van der Waals surface area contributed by atoms with E-state index in [-0.39, 0.29) is 17.8 Å². The maximum Gasteiger partial charge on any atom is 0.289 e. The molecule has 0 saturated carbocycles. The van der Waals surface area contributed by atoms with Crippen molar-refractivity contribution in [3.8, 4) is 11.3 Å². The Morgan fingerprint density at radius 1 is 1.20 bits per heavy atom. The highest BCUT2D eigenvalue weighted by molar-refractivity contribution is 5.90. The van der Waals surface area contributed by atoms with E-state index in [0.29, 0.717) is 13.0 Å². The Hall–Kier alpha value is -3.06. The summed E-state index contributed by atoms with van der Waals surface area (Å²) in [5.41, 5.74) is 8.59. The highest BCUT2D eigenvalue weighted by Gasteiger charge is 2.15. The Bertz CT molecular complexity index is 828. The molecule has 0 aliphatic rings. The van der Waals surface area contributed by atoms with Gasteiger partial charge in [-0.15, -0.1) is 0 Å². The minimum Gasteiger partial charge on any atom is -0.345 e. The summed E-state index contributed by atoms with van der Waals surface area (Å²) in [6.45, 7) is 0.341. The van der Waals surface area contributed by atoms with Crippen LogP contribution in [0.1, 0.15) is 16.2 Å². The summed E-state index contributed by atoms with van der Waals surface area (Å²) >= 11 is 0. The van der Waals surface area contributed by atoms with E-state index < -0.39 is 0 Å². The second-order valence-corrected chi connectivity index (χ2v) is 5.73. The normalized spacial score (nSPS) is 11.9. The number of nitrogens with two attached hydrogens (primary N) is 1. The van der Waals surface area contributed by atoms with Crippen LogP contribution in [0.3, 0.4) is 0 Å². The number of amides is 1. The minimum absolute atomic E-state index is 0.123. The second kappa shape index (κ2) is 7.67. The van der Waals surface area contributed by atoms with Crippen LogP contribution in [0.15, 0.2) is 55.0 Å². The molecule has 7 heteroatoms. The lowest BCUT2D eigenvalue weighted by Crippen LogP contribution is -2.42. The zero-order valence-electron chi connectivity index (χ0n) is 14.0. The molecule has 0 saturated heterocycles. The fraction of sp³-hybridized carbons (Fsp3) is 0.222. The Morgan fingerprint density at radius 3 is 2.52 bits per heavy atom. The van der Waals surface area contributed by atoms with Crippen LogP contribution in [-0.2, 0) is 13.5 Å². The average Bonchev–Trinajstić information content (AvgIpc) is 3.08. The van der Waals surface area contributed by atoms with Crippen LogP contribution in [0.4, 0.5) is 0 Å². The van der Waals surface area contributed by atoms with Crippen LogP contribution in [0.5, 0.6) is 0 Å². The van der Waals surface area contributed by atoms with Crippen molar-refractivity contribution in [1.82, 2.24) is 25.1 Å². The van der Waals surface area contributed by atoms with Gasteiger partial charge in [-0.05, 0) is 18.1 Å². The van der Waals surface area contributed by atoms with Gasteiger partial charge in [-0.3, -0.25) is 9.48 Å². The van der Waals surface area contributed by atoms with Gasteiger partial charge in [0, 0.05) is 43.8 Å². The molecule has 25 heavy (non-hydrogen) atoms. The number of hydrogen-bond donors (Lipinski definition) is 2. The molecule has 7 nitrogen and oxygen atoms in total. The Morgan fingerprint density at radius 2 is 1.92 bits per heavy atom. The van der Waals surface area contributed by atoms with E-state index in [4.69, 9.17) is 5.73 Å². The van der Waals surface area contributed by atoms with Crippen LogP contribution in [0.25, 0.3) is 11.3 Å². The molecule has 2 aromatic heterocycles. The van der Waals surface area contributed by atoms with Crippen molar-refractivity contribution in [2.45, 2.75) is 12.5 Å². The summed E-state index contributed by atoms with van der Waals surface area (Å²) in [6, 6.07) is 11.6. The van der Waals surface area contributed by atoms with Gasteiger partial charge in [0.05, 0.1) is 5.69 Å². The van der Waals surface area contributed by atoms with E-state index in [0.717, 1.165) is 16.8 Å². The van der Waals surface area contributed by atoms with Gasteiger partial charge in [0.15, 0.2) is 0 Å². The zero-order valence-corrected chi connectivity index (χ0v) is 14.0. The lowest BCUT2D eigenvalue weighted by molar-refractivity contribution is 0.0927. The molecule has 2 heterocycles. The Balaban J connectivity index is 1.67. The van der Waals surface area contributed by atoms with E-state index in [1.807, 2.05) is 43.4 Å². The first kappa shape index (κ1) is 16.8. The van der Waals surface area contributed by atoms with Gasteiger partial charge >= 0.3 is 0 Å². The Labute approximate surface area is 145 Å². The predicted octanol–water partition coefficient (Wildman–Crippen LogP) is 1.18. The van der Waals surface area contributed by atoms with Crippen LogP contribution in [-0.4, -0.2) is 38.2 Å². The molecule has 0 aliphatic carbocycles. The molecular weight excluding hydrogens is 316 g/mol. The van der Waals surface area contributed by atoms with Crippen molar-refractivity contribution in [2.75, 3.05) is 6.54 Å². The molecule has 1 aromatic carbocycles. The average molecular weight is 336 g/mol. The fourth-order valence-electron chi connectivity index (χ4n) is 2.58. The number of nitrogens with one attached hydrogen (secondary N) is 1. The molecule has 1 atom stereocenters. The topological polar surface area (TPSA) is 98.7 Å². The number of benzene rings is 1. The quantitative estimate of drug-likeness (QED) is 0.704. The molecule has 1 amide bonds. The van der Waals surface area contributed by atoms with E-state index in [2.05, 4.69) is 20.4 Å². The summed E-state index contributed by atoms with van der Waals surface area (Å²) in [7, 11) is 1.84. The molecule has 1 unspecified atom stereocenters. The van der Waals surface area contributed by atoms with Crippen LogP contribution >= 0.6 is 0 Å². The summed E-state index contributed by atoms with van der Waals surface area (Å²) in [5.74, 6) is -0.208. The maximum absolute atomic E-state index is 12.4. The van der Waals surface area contributed by atoms with E-state index in [9.17, 15) is 4.79 Å². The third-order valence-electron chi connectivity index (χ3n) is 3.92. The SMILES string of the molecule is Cn1nccc1-c1cnc(C(=O)NC(CN)Cc2ccccc2)nc1. The summed E-state index contributed by atoms with van der Waals surface area (Å²) in [4.78, 5) is 20.7. The molecule has 3 aromatic rings. The molecule has 3 N–H and O–H groups in total. The van der Waals surface area contributed by atoms with Gasteiger partial charge in [0.2, 0.25) is 5.82 Å². The monoisotopic (exact) mass is 336 g/mol. The molecule has 0 aliphatic heterocycles.